The summed E-state index contributed by atoms with van der Waals surface area (Å²) in [6, 6.07) is 17.5. The van der Waals surface area contributed by atoms with Crippen molar-refractivity contribution in [2.75, 3.05) is 59.0 Å². The highest BCUT2D eigenvalue weighted by atomic mass is 16.6. The van der Waals surface area contributed by atoms with Crippen LogP contribution in [-0.2, 0) is 13.0 Å². The van der Waals surface area contributed by atoms with Crippen molar-refractivity contribution in [2.24, 2.45) is 0 Å². The molecule has 2 unspecified atom stereocenters. The number of benzene rings is 2. The van der Waals surface area contributed by atoms with Gasteiger partial charge >= 0.3 is 0 Å². The van der Waals surface area contributed by atoms with Gasteiger partial charge in [0.25, 0.3) is 0 Å². The van der Waals surface area contributed by atoms with Gasteiger partial charge in [-0.15, -0.1) is 0 Å². The molecule has 5 aromatic heterocycles. The lowest BCUT2D eigenvalue weighted by Crippen LogP contribution is -2.38. The van der Waals surface area contributed by atoms with Crippen LogP contribution in [0, 0.1) is 6.92 Å². The molecule has 2 atom stereocenters. The molecule has 10 rings (SSSR count). The number of nitrogens with zero attached hydrogens (tertiary/aromatic N) is 12. The number of piperidine rings is 1. The number of nitrogens with one attached hydrogen (secondary N) is 2. The number of rotatable bonds is 16. The van der Waals surface area contributed by atoms with E-state index in [4.69, 9.17) is 24.4 Å². The zero-order chi connectivity index (χ0) is 45.1. The average molecular weight is 891 g/mol. The predicted molar refractivity (Wildman–Crippen MR) is 254 cm³/mol. The van der Waals surface area contributed by atoms with Crippen molar-refractivity contribution in [2.45, 2.75) is 83.8 Å². The molecule has 344 valence electrons. The molecule has 66 heavy (non-hydrogen) atoms. The van der Waals surface area contributed by atoms with Crippen molar-refractivity contribution >= 4 is 11.0 Å². The van der Waals surface area contributed by atoms with Gasteiger partial charge in [0.2, 0.25) is 11.9 Å². The molecule has 16 heteroatoms. The first-order valence-corrected chi connectivity index (χ1v) is 23.6. The molecule has 0 bridgehead atoms. The Labute approximate surface area is 387 Å². The van der Waals surface area contributed by atoms with Crippen molar-refractivity contribution in [3.8, 4) is 23.4 Å². The summed E-state index contributed by atoms with van der Waals surface area (Å²) in [5, 5.41) is 7.21. The first-order chi connectivity index (χ1) is 32.4. The SMILES string of the molecule is CC(C)c1cc(C2CCCCN2CCNCc2ccc3nccnc3c2)nc(-n2ccnc2)n1.Cc1cc(C2CCCN2CCNCCc2ccc3c(c2)OCCO3)nc(-n2ccnc2)n1. The van der Waals surface area contributed by atoms with Gasteiger partial charge in [0, 0.05) is 81.3 Å². The van der Waals surface area contributed by atoms with E-state index in [1.807, 2.05) is 40.6 Å². The van der Waals surface area contributed by atoms with Crippen molar-refractivity contribution in [3.63, 3.8) is 0 Å². The molecule has 7 aromatic rings. The maximum atomic E-state index is 5.69. The number of aromatic nitrogens is 10. The van der Waals surface area contributed by atoms with E-state index in [1.165, 1.54) is 30.4 Å². The first kappa shape index (κ1) is 45.0. The summed E-state index contributed by atoms with van der Waals surface area (Å²) in [6.45, 7) is 15.5. The van der Waals surface area contributed by atoms with Crippen LogP contribution in [0.15, 0.2) is 98.4 Å². The fourth-order valence-corrected chi connectivity index (χ4v) is 9.09. The number of imidazole rings is 2. The lowest BCUT2D eigenvalue weighted by atomic mass is 9.97. The zero-order valence-electron chi connectivity index (χ0n) is 38.5. The van der Waals surface area contributed by atoms with E-state index in [-0.39, 0.29) is 0 Å². The fourth-order valence-electron chi connectivity index (χ4n) is 9.09. The summed E-state index contributed by atoms with van der Waals surface area (Å²) < 4.78 is 15.1. The number of fused-ring (bicyclic) bond motifs is 2. The maximum Gasteiger partial charge on any atom is 0.235 e. The molecule has 0 amide bonds. The second-order valence-corrected chi connectivity index (χ2v) is 17.6. The minimum Gasteiger partial charge on any atom is -0.486 e. The monoisotopic (exact) mass is 891 g/mol. The highest BCUT2D eigenvalue weighted by molar-refractivity contribution is 5.74. The summed E-state index contributed by atoms with van der Waals surface area (Å²) in [4.78, 5) is 41.4. The van der Waals surface area contributed by atoms with Crippen molar-refractivity contribution in [3.05, 3.63) is 132 Å². The van der Waals surface area contributed by atoms with Crippen LogP contribution in [0.5, 0.6) is 11.5 Å². The number of aryl methyl sites for hydroxylation is 1. The van der Waals surface area contributed by atoms with Crippen molar-refractivity contribution in [1.29, 1.82) is 0 Å². The summed E-state index contributed by atoms with van der Waals surface area (Å²) in [5.41, 5.74) is 8.67. The summed E-state index contributed by atoms with van der Waals surface area (Å²) in [6.07, 6.45) is 21.2. The van der Waals surface area contributed by atoms with Gasteiger partial charge in [0.15, 0.2) is 11.5 Å². The molecule has 0 saturated carbocycles. The number of likely N-dealkylation sites (tertiary alicyclic amines) is 2. The molecule has 0 aliphatic carbocycles. The topological polar surface area (TPSA) is 162 Å². The quantitative estimate of drug-likeness (QED) is 0.0980. The molecular weight excluding hydrogens is 829 g/mol. The fraction of sp³-hybridized carbons (Fsp3) is 0.440. The van der Waals surface area contributed by atoms with Gasteiger partial charge in [0.1, 0.15) is 25.9 Å². The highest BCUT2D eigenvalue weighted by Crippen LogP contribution is 2.33. The second kappa shape index (κ2) is 21.9. The van der Waals surface area contributed by atoms with Crippen LogP contribution in [0.25, 0.3) is 22.9 Å². The van der Waals surface area contributed by atoms with Crippen LogP contribution >= 0.6 is 0 Å². The van der Waals surface area contributed by atoms with Crippen LogP contribution in [0.4, 0.5) is 0 Å². The first-order valence-electron chi connectivity index (χ1n) is 23.6. The van der Waals surface area contributed by atoms with Gasteiger partial charge in [-0.3, -0.25) is 28.9 Å². The Morgan fingerprint density at radius 2 is 1.30 bits per heavy atom. The third-order valence-electron chi connectivity index (χ3n) is 12.6. The Balaban J connectivity index is 0.000000166. The van der Waals surface area contributed by atoms with Gasteiger partial charge in [-0.05, 0) is 112 Å². The number of ether oxygens (including phenoxy) is 2. The van der Waals surface area contributed by atoms with Crippen molar-refractivity contribution < 1.29 is 9.47 Å². The van der Waals surface area contributed by atoms with Gasteiger partial charge in [0.05, 0.1) is 34.5 Å². The molecule has 2 N–H and O–H groups in total. The predicted octanol–water partition coefficient (Wildman–Crippen LogP) is 6.76. The largest absolute Gasteiger partial charge is 0.486 e. The van der Waals surface area contributed by atoms with Crippen LogP contribution in [0.3, 0.4) is 0 Å². The molecule has 2 fully saturated rings. The van der Waals surface area contributed by atoms with Gasteiger partial charge in [-0.1, -0.05) is 32.4 Å². The van der Waals surface area contributed by atoms with Gasteiger partial charge in [-0.25, -0.2) is 29.9 Å². The molecule has 16 nitrogen and oxygen atoms in total. The van der Waals surface area contributed by atoms with E-state index in [9.17, 15) is 0 Å². The lowest BCUT2D eigenvalue weighted by Gasteiger charge is -2.35. The molecule has 2 saturated heterocycles. The average Bonchev–Trinajstić information content (AvgIpc) is 4.18. The van der Waals surface area contributed by atoms with Crippen LogP contribution in [0.2, 0.25) is 0 Å². The van der Waals surface area contributed by atoms with Crippen LogP contribution in [-0.4, -0.2) is 118 Å². The smallest absolute Gasteiger partial charge is 0.235 e. The Bertz CT molecular complexity index is 2620. The Morgan fingerprint density at radius 3 is 2.05 bits per heavy atom. The van der Waals surface area contributed by atoms with E-state index in [0.29, 0.717) is 43.1 Å². The third-order valence-corrected chi connectivity index (χ3v) is 12.6. The molecule has 8 heterocycles. The van der Waals surface area contributed by atoms with Crippen LogP contribution in [0.1, 0.15) is 97.9 Å². The molecule has 3 aliphatic rings. The zero-order valence-corrected chi connectivity index (χ0v) is 38.5. The summed E-state index contributed by atoms with van der Waals surface area (Å²) in [5.74, 6) is 3.46. The van der Waals surface area contributed by atoms with E-state index in [1.54, 1.807) is 37.4 Å². The normalized spacial score (nSPS) is 17.6. The minimum absolute atomic E-state index is 0.314. The third kappa shape index (κ3) is 11.4. The van der Waals surface area contributed by atoms with Gasteiger partial charge < -0.3 is 20.1 Å². The number of hydrogen-bond acceptors (Lipinski definition) is 14. The number of hydrogen-bond donors (Lipinski definition) is 2. The second-order valence-electron chi connectivity index (χ2n) is 17.6. The Hall–Kier alpha value is -6.20. The van der Waals surface area contributed by atoms with Crippen LogP contribution < -0.4 is 20.1 Å². The Kier molecular flexibility index (Phi) is 14.9. The standard InChI is InChI=1S/C26H32N8.C24H30N6O2/c1-19(2)22-16-24(32-26(31-22)34-14-11-28-18-34)25-5-3-4-12-33(25)13-10-27-17-20-6-7-21-23(15-20)30-9-8-29-21;1-18-15-20(28-24(27-18)30-12-9-26-17-30)21-3-2-10-29(21)11-8-25-7-6-19-4-5-22-23(16-19)32-14-13-31-22/h6-9,11,14-16,18-19,25,27H,3-5,10,12-13,17H2,1-2H3;4-5,9,12,15-17,21,25H,2-3,6-8,10-11,13-14H2,1H3. The minimum atomic E-state index is 0.314. The van der Waals surface area contributed by atoms with E-state index >= 15 is 0 Å². The summed E-state index contributed by atoms with van der Waals surface area (Å²) in [7, 11) is 0. The molecule has 0 spiro atoms. The molecule has 3 aliphatic heterocycles. The van der Waals surface area contributed by atoms with E-state index in [2.05, 4.69) is 95.6 Å². The molecule has 0 radical (unpaired) electrons. The lowest BCUT2D eigenvalue weighted by molar-refractivity contribution is 0.146. The maximum absolute atomic E-state index is 5.69. The van der Waals surface area contributed by atoms with Crippen molar-refractivity contribution in [1.82, 2.24) is 69.4 Å². The highest BCUT2D eigenvalue weighted by Gasteiger charge is 2.28. The molecular formula is C50H62N14O2. The van der Waals surface area contributed by atoms with Gasteiger partial charge in [-0.2, -0.15) is 0 Å². The Morgan fingerprint density at radius 1 is 0.636 bits per heavy atom. The van der Waals surface area contributed by atoms with E-state index in [0.717, 1.165) is 117 Å². The molecule has 2 aromatic carbocycles. The van der Waals surface area contributed by atoms with E-state index < -0.39 is 0 Å². The summed E-state index contributed by atoms with van der Waals surface area (Å²) >= 11 is 0.